The SMILES string of the molecule is CC(C)c1c(C2=CC(C)c3ncccc32)[nH]c2ccc(C3CCC(N4CC5(COC5)C4)CC3)nc12. The Morgan fingerprint density at radius 3 is 2.60 bits per heavy atom. The van der Waals surface area contributed by atoms with Crippen LogP contribution in [0.5, 0.6) is 0 Å². The summed E-state index contributed by atoms with van der Waals surface area (Å²) in [4.78, 5) is 16.5. The first-order valence-electron chi connectivity index (χ1n) is 13.5. The van der Waals surface area contributed by atoms with Crippen molar-refractivity contribution in [3.63, 3.8) is 0 Å². The zero-order valence-corrected chi connectivity index (χ0v) is 21.2. The first kappa shape index (κ1) is 21.8. The number of rotatable bonds is 4. The molecule has 7 rings (SSSR count). The zero-order chi connectivity index (χ0) is 23.7. The molecule has 2 aliphatic heterocycles. The lowest BCUT2D eigenvalue weighted by Crippen LogP contribution is -2.68. The lowest BCUT2D eigenvalue weighted by molar-refractivity contribution is -0.200. The van der Waals surface area contributed by atoms with Gasteiger partial charge in [0.25, 0.3) is 0 Å². The second-order valence-electron chi connectivity index (χ2n) is 11.9. The zero-order valence-electron chi connectivity index (χ0n) is 21.2. The van der Waals surface area contributed by atoms with Gasteiger partial charge >= 0.3 is 0 Å². The van der Waals surface area contributed by atoms with E-state index in [1.54, 1.807) is 0 Å². The lowest BCUT2D eigenvalue weighted by atomic mass is 9.74. The molecule has 5 heteroatoms. The van der Waals surface area contributed by atoms with Crippen molar-refractivity contribution in [1.82, 2.24) is 19.9 Å². The molecule has 1 N–H and O–H groups in total. The molecule has 3 aromatic rings. The van der Waals surface area contributed by atoms with Crippen LogP contribution in [0.2, 0.25) is 0 Å². The van der Waals surface area contributed by atoms with E-state index in [-0.39, 0.29) is 0 Å². The molecular weight excluding hydrogens is 432 g/mol. The minimum Gasteiger partial charge on any atom is -0.380 e. The summed E-state index contributed by atoms with van der Waals surface area (Å²) in [5.41, 5.74) is 10.4. The molecule has 5 nitrogen and oxygen atoms in total. The van der Waals surface area contributed by atoms with Gasteiger partial charge in [0.05, 0.1) is 35.6 Å². The monoisotopic (exact) mass is 468 g/mol. The molecule has 1 spiro atoms. The van der Waals surface area contributed by atoms with E-state index in [2.05, 4.69) is 66.0 Å². The van der Waals surface area contributed by atoms with Gasteiger partial charge in [0.1, 0.15) is 0 Å². The summed E-state index contributed by atoms with van der Waals surface area (Å²) in [6.07, 6.45) is 9.37. The average molecular weight is 469 g/mol. The predicted octanol–water partition coefficient (Wildman–Crippen LogP) is 5.99. The van der Waals surface area contributed by atoms with Gasteiger partial charge in [-0.25, -0.2) is 0 Å². The van der Waals surface area contributed by atoms with Crippen LogP contribution in [0.3, 0.4) is 0 Å². The van der Waals surface area contributed by atoms with Gasteiger partial charge < -0.3 is 9.72 Å². The van der Waals surface area contributed by atoms with Crippen LogP contribution in [0.15, 0.2) is 36.5 Å². The van der Waals surface area contributed by atoms with Gasteiger partial charge in [-0.1, -0.05) is 32.9 Å². The molecule has 0 amide bonds. The molecule has 2 aliphatic carbocycles. The maximum Gasteiger partial charge on any atom is 0.0923 e. The van der Waals surface area contributed by atoms with E-state index in [9.17, 15) is 0 Å². The fraction of sp³-hybridized carbons (Fsp3) is 0.533. The van der Waals surface area contributed by atoms with E-state index in [4.69, 9.17) is 9.72 Å². The maximum absolute atomic E-state index is 5.46. The topological polar surface area (TPSA) is 54.0 Å². The molecule has 1 atom stereocenters. The molecule has 0 radical (unpaired) electrons. The largest absolute Gasteiger partial charge is 0.380 e. The van der Waals surface area contributed by atoms with Crippen molar-refractivity contribution < 1.29 is 4.74 Å². The quantitative estimate of drug-likeness (QED) is 0.511. The number of allylic oxidation sites excluding steroid dienone is 1. The number of nitrogens with zero attached hydrogens (tertiary/aromatic N) is 3. The summed E-state index contributed by atoms with van der Waals surface area (Å²) in [6, 6.07) is 9.58. The molecule has 0 bridgehead atoms. The Hall–Kier alpha value is -2.50. The first-order valence-corrected chi connectivity index (χ1v) is 13.5. The molecule has 4 aliphatic rings. The molecular formula is C30H36N4O. The van der Waals surface area contributed by atoms with Crippen LogP contribution in [-0.4, -0.2) is 52.2 Å². The lowest BCUT2D eigenvalue weighted by Gasteiger charge is -2.58. The Balaban J connectivity index is 1.16. The highest BCUT2D eigenvalue weighted by Gasteiger charge is 2.50. The van der Waals surface area contributed by atoms with E-state index in [1.165, 1.54) is 72.6 Å². The Morgan fingerprint density at radius 2 is 1.89 bits per heavy atom. The third kappa shape index (κ3) is 3.42. The number of hydrogen-bond donors (Lipinski definition) is 1. The predicted molar refractivity (Wildman–Crippen MR) is 140 cm³/mol. The number of aromatic amines is 1. The molecule has 35 heavy (non-hydrogen) atoms. The Bertz CT molecular complexity index is 1300. The fourth-order valence-corrected chi connectivity index (χ4v) is 7.13. The Kier molecular flexibility index (Phi) is 4.98. The number of ether oxygens (including phenoxy) is 1. The molecule has 1 saturated carbocycles. The van der Waals surface area contributed by atoms with Gasteiger partial charge in [-0.3, -0.25) is 14.9 Å². The van der Waals surface area contributed by atoms with Crippen molar-refractivity contribution in [3.8, 4) is 0 Å². The van der Waals surface area contributed by atoms with Crippen LogP contribution in [0.4, 0.5) is 0 Å². The van der Waals surface area contributed by atoms with Crippen LogP contribution in [0.1, 0.15) is 92.4 Å². The highest BCUT2D eigenvalue weighted by Crippen LogP contribution is 2.45. The van der Waals surface area contributed by atoms with Gasteiger partial charge in [0.2, 0.25) is 0 Å². The van der Waals surface area contributed by atoms with E-state index in [0.717, 1.165) is 30.3 Å². The van der Waals surface area contributed by atoms with Crippen molar-refractivity contribution in [2.75, 3.05) is 26.3 Å². The van der Waals surface area contributed by atoms with Crippen molar-refractivity contribution in [2.24, 2.45) is 5.41 Å². The number of hydrogen-bond acceptors (Lipinski definition) is 4. The van der Waals surface area contributed by atoms with Gasteiger partial charge in [-0.15, -0.1) is 0 Å². The molecule has 3 aromatic heterocycles. The Labute approximate surface area is 208 Å². The molecule has 3 fully saturated rings. The van der Waals surface area contributed by atoms with Crippen LogP contribution in [0.25, 0.3) is 16.6 Å². The van der Waals surface area contributed by atoms with Crippen LogP contribution < -0.4 is 0 Å². The van der Waals surface area contributed by atoms with E-state index < -0.39 is 0 Å². The summed E-state index contributed by atoms with van der Waals surface area (Å²) in [7, 11) is 0. The minimum atomic E-state index is 0.337. The number of pyridine rings is 2. The number of nitrogens with one attached hydrogen (secondary N) is 1. The third-order valence-corrected chi connectivity index (χ3v) is 9.05. The number of aromatic nitrogens is 3. The normalized spacial score (nSPS) is 27.7. The van der Waals surface area contributed by atoms with Crippen LogP contribution >= 0.6 is 0 Å². The average Bonchev–Trinajstić information content (AvgIpc) is 3.35. The highest BCUT2D eigenvalue weighted by atomic mass is 16.5. The Morgan fingerprint density at radius 1 is 1.09 bits per heavy atom. The third-order valence-electron chi connectivity index (χ3n) is 9.05. The van der Waals surface area contributed by atoms with E-state index in [0.29, 0.717) is 23.2 Å². The maximum atomic E-state index is 5.46. The number of H-pyrrole nitrogens is 1. The molecule has 182 valence electrons. The summed E-state index contributed by atoms with van der Waals surface area (Å²) >= 11 is 0. The summed E-state index contributed by atoms with van der Waals surface area (Å²) in [6.45, 7) is 11.3. The standard InChI is InChI=1S/C30H36N4O/c1-18(2)26-28(23-13-19(3)27-22(23)5-4-12-31-27)33-25-11-10-24(32-29(25)26)20-6-8-21(9-7-20)34-14-30(15-34)16-35-17-30/h4-5,10-13,18-21,33H,6-9,14-17H2,1-3H3. The molecule has 1 unspecified atom stereocenters. The summed E-state index contributed by atoms with van der Waals surface area (Å²) < 4.78 is 5.46. The van der Waals surface area contributed by atoms with Gasteiger partial charge in [0.15, 0.2) is 0 Å². The van der Waals surface area contributed by atoms with Gasteiger partial charge in [-0.2, -0.15) is 0 Å². The summed E-state index contributed by atoms with van der Waals surface area (Å²) in [5.74, 6) is 1.31. The van der Waals surface area contributed by atoms with Crippen molar-refractivity contribution in [1.29, 1.82) is 0 Å². The summed E-state index contributed by atoms with van der Waals surface area (Å²) in [5, 5.41) is 0. The fourth-order valence-electron chi connectivity index (χ4n) is 7.13. The van der Waals surface area contributed by atoms with Crippen molar-refractivity contribution >= 4 is 16.6 Å². The second kappa shape index (κ2) is 8.01. The van der Waals surface area contributed by atoms with Crippen LogP contribution in [0, 0.1) is 5.41 Å². The molecule has 2 saturated heterocycles. The van der Waals surface area contributed by atoms with E-state index in [1.807, 2.05) is 6.20 Å². The second-order valence-corrected chi connectivity index (χ2v) is 11.9. The first-order chi connectivity index (χ1) is 17.0. The molecule has 5 heterocycles. The highest BCUT2D eigenvalue weighted by molar-refractivity contribution is 5.93. The van der Waals surface area contributed by atoms with E-state index >= 15 is 0 Å². The number of fused-ring (bicyclic) bond motifs is 2. The van der Waals surface area contributed by atoms with Gasteiger partial charge in [-0.05, 0) is 49.8 Å². The smallest absolute Gasteiger partial charge is 0.0923 e. The van der Waals surface area contributed by atoms with Crippen molar-refractivity contribution in [2.45, 2.75) is 70.3 Å². The number of likely N-dealkylation sites (tertiary alicyclic amines) is 1. The van der Waals surface area contributed by atoms with Crippen LogP contribution in [-0.2, 0) is 4.74 Å². The molecule has 0 aromatic carbocycles. The van der Waals surface area contributed by atoms with Gasteiger partial charge in [0, 0.05) is 65.0 Å². The minimum absolute atomic E-state index is 0.337. The van der Waals surface area contributed by atoms with Crippen molar-refractivity contribution in [3.05, 3.63) is 64.7 Å².